The molecule has 1 saturated heterocycles. The summed E-state index contributed by atoms with van der Waals surface area (Å²) in [4.78, 5) is 27.1. The Kier molecular flexibility index (Phi) is 6.70. The Morgan fingerprint density at radius 3 is 2.41 bits per heavy atom. The molecular weight excluding hydrogens is 402 g/mol. The van der Waals surface area contributed by atoms with Crippen LogP contribution >= 0.6 is 0 Å². The Morgan fingerprint density at radius 2 is 1.72 bits per heavy atom. The van der Waals surface area contributed by atoms with Crippen molar-refractivity contribution >= 4 is 28.9 Å². The molecule has 6 nitrogen and oxygen atoms in total. The highest BCUT2D eigenvalue weighted by Gasteiger charge is 2.23. The molecule has 0 unspecified atom stereocenters. The molecule has 0 bridgehead atoms. The van der Waals surface area contributed by atoms with E-state index in [4.69, 9.17) is 4.74 Å². The Hall–Kier alpha value is -3.80. The maximum atomic E-state index is 13.3. The summed E-state index contributed by atoms with van der Waals surface area (Å²) >= 11 is 0. The van der Waals surface area contributed by atoms with Gasteiger partial charge in [-0.2, -0.15) is 0 Å². The van der Waals surface area contributed by atoms with Gasteiger partial charge in [-0.25, -0.2) is 0 Å². The Balaban J connectivity index is 1.55. The highest BCUT2D eigenvalue weighted by Crippen LogP contribution is 2.28. The van der Waals surface area contributed by atoms with Gasteiger partial charge in [-0.1, -0.05) is 42.5 Å². The highest BCUT2D eigenvalue weighted by atomic mass is 16.5. The molecule has 1 heterocycles. The lowest BCUT2D eigenvalue weighted by Gasteiger charge is -2.22. The minimum Gasteiger partial charge on any atom is -0.492 e. The third-order valence-electron chi connectivity index (χ3n) is 5.40. The zero-order valence-corrected chi connectivity index (χ0v) is 18.1. The number of benzene rings is 3. The third-order valence-corrected chi connectivity index (χ3v) is 5.40. The van der Waals surface area contributed by atoms with E-state index in [2.05, 4.69) is 10.6 Å². The molecule has 164 valence electrons. The van der Waals surface area contributed by atoms with Crippen molar-refractivity contribution in [3.05, 3.63) is 84.4 Å². The second-order valence-corrected chi connectivity index (χ2v) is 7.60. The van der Waals surface area contributed by atoms with E-state index in [9.17, 15) is 9.59 Å². The number of amides is 2. The molecular formula is C26H27N3O3. The fraction of sp³-hybridized carbons (Fsp3) is 0.231. The van der Waals surface area contributed by atoms with Crippen molar-refractivity contribution in [2.45, 2.75) is 25.8 Å². The minimum absolute atomic E-state index is 0.153. The quantitative estimate of drug-likeness (QED) is 0.528. The van der Waals surface area contributed by atoms with Crippen molar-refractivity contribution in [3.63, 3.8) is 0 Å². The molecule has 3 aromatic rings. The van der Waals surface area contributed by atoms with Crippen LogP contribution in [0.5, 0.6) is 5.75 Å². The molecule has 1 fully saturated rings. The number of nitrogens with zero attached hydrogens (tertiary/aromatic N) is 1. The van der Waals surface area contributed by atoms with Gasteiger partial charge in [0.15, 0.2) is 0 Å². The van der Waals surface area contributed by atoms with Crippen molar-refractivity contribution in [3.8, 4) is 5.75 Å². The molecule has 0 saturated carbocycles. The minimum atomic E-state index is -0.606. The second kappa shape index (κ2) is 10.0. The first kappa shape index (κ1) is 21.4. The summed E-state index contributed by atoms with van der Waals surface area (Å²) in [5, 5.41) is 6.34. The Labute approximate surface area is 188 Å². The fourth-order valence-corrected chi connectivity index (χ4v) is 3.83. The van der Waals surface area contributed by atoms with Gasteiger partial charge in [-0.3, -0.25) is 9.59 Å². The van der Waals surface area contributed by atoms with Gasteiger partial charge in [0.25, 0.3) is 5.91 Å². The molecule has 0 aliphatic carbocycles. The Bertz CT molecular complexity index is 1070. The number of carbonyl (C=O) groups excluding carboxylic acids is 2. The standard InChI is InChI=1S/C26H27N3O3/c1-2-32-23-12-7-6-11-22(23)28-26(31)25(19-9-4-3-5-10-19)27-20-14-16-21(17-15-20)29-18-8-13-24(29)30/h3-7,9-12,14-17,25,27H,2,8,13,18H2,1H3,(H,28,31)/t25-/m1/s1. The number of ether oxygens (including phenoxy) is 1. The zero-order valence-electron chi connectivity index (χ0n) is 18.1. The lowest BCUT2D eigenvalue weighted by Crippen LogP contribution is -2.27. The van der Waals surface area contributed by atoms with E-state index in [1.165, 1.54) is 0 Å². The molecule has 0 aromatic heterocycles. The average molecular weight is 430 g/mol. The van der Waals surface area contributed by atoms with Crippen molar-refractivity contribution in [2.75, 3.05) is 28.7 Å². The van der Waals surface area contributed by atoms with Crippen molar-refractivity contribution in [1.29, 1.82) is 0 Å². The summed E-state index contributed by atoms with van der Waals surface area (Å²) in [5.74, 6) is 0.595. The topological polar surface area (TPSA) is 70.7 Å². The van der Waals surface area contributed by atoms with Crippen LogP contribution in [-0.4, -0.2) is 25.0 Å². The van der Waals surface area contributed by atoms with Crippen LogP contribution in [0.15, 0.2) is 78.9 Å². The normalized spacial score (nSPS) is 14.2. The predicted molar refractivity (Wildman–Crippen MR) is 127 cm³/mol. The van der Waals surface area contributed by atoms with E-state index in [0.717, 1.165) is 29.9 Å². The first-order valence-electron chi connectivity index (χ1n) is 10.9. The van der Waals surface area contributed by atoms with E-state index in [0.29, 0.717) is 24.5 Å². The van der Waals surface area contributed by atoms with Gasteiger partial charge < -0.3 is 20.3 Å². The number of hydrogen-bond donors (Lipinski definition) is 2. The van der Waals surface area contributed by atoms with Gasteiger partial charge in [0.2, 0.25) is 5.91 Å². The van der Waals surface area contributed by atoms with Crippen LogP contribution in [0.1, 0.15) is 31.4 Å². The molecule has 0 spiro atoms. The third kappa shape index (κ3) is 4.91. The SMILES string of the molecule is CCOc1ccccc1NC(=O)[C@H](Nc1ccc(N2CCCC2=O)cc1)c1ccccc1. The summed E-state index contributed by atoms with van der Waals surface area (Å²) < 4.78 is 5.64. The van der Waals surface area contributed by atoms with E-state index < -0.39 is 6.04 Å². The van der Waals surface area contributed by atoms with Gasteiger partial charge in [0, 0.05) is 24.3 Å². The van der Waals surface area contributed by atoms with Gasteiger partial charge in [0.1, 0.15) is 11.8 Å². The molecule has 32 heavy (non-hydrogen) atoms. The first-order valence-corrected chi connectivity index (χ1v) is 10.9. The largest absolute Gasteiger partial charge is 0.492 e. The number of rotatable bonds is 8. The number of nitrogens with one attached hydrogen (secondary N) is 2. The summed E-state index contributed by atoms with van der Waals surface area (Å²) in [7, 11) is 0. The van der Waals surface area contributed by atoms with E-state index >= 15 is 0 Å². The van der Waals surface area contributed by atoms with Crippen LogP contribution < -0.4 is 20.3 Å². The monoisotopic (exact) mass is 429 g/mol. The number of hydrogen-bond acceptors (Lipinski definition) is 4. The van der Waals surface area contributed by atoms with Crippen LogP contribution in [-0.2, 0) is 9.59 Å². The van der Waals surface area contributed by atoms with E-state index in [-0.39, 0.29) is 11.8 Å². The predicted octanol–water partition coefficient (Wildman–Crippen LogP) is 5.00. The smallest absolute Gasteiger partial charge is 0.251 e. The summed E-state index contributed by atoms with van der Waals surface area (Å²) in [6.07, 6.45) is 1.48. The molecule has 1 atom stereocenters. The van der Waals surface area contributed by atoms with Crippen LogP contribution in [0.4, 0.5) is 17.1 Å². The molecule has 1 aliphatic rings. The number of para-hydroxylation sites is 2. The molecule has 2 amide bonds. The van der Waals surface area contributed by atoms with Crippen molar-refractivity contribution in [1.82, 2.24) is 0 Å². The Morgan fingerprint density at radius 1 is 1.00 bits per heavy atom. The summed E-state index contributed by atoms with van der Waals surface area (Å²) in [6.45, 7) is 3.17. The van der Waals surface area contributed by atoms with E-state index in [1.807, 2.05) is 85.8 Å². The van der Waals surface area contributed by atoms with Crippen molar-refractivity contribution in [2.24, 2.45) is 0 Å². The van der Waals surface area contributed by atoms with E-state index in [1.54, 1.807) is 4.90 Å². The maximum absolute atomic E-state index is 13.3. The lowest BCUT2D eigenvalue weighted by molar-refractivity contribution is -0.117. The lowest BCUT2D eigenvalue weighted by atomic mass is 10.1. The number of anilines is 3. The maximum Gasteiger partial charge on any atom is 0.251 e. The highest BCUT2D eigenvalue weighted by molar-refractivity contribution is 5.98. The summed E-state index contributed by atoms with van der Waals surface area (Å²) in [5.41, 5.74) is 3.15. The molecule has 0 radical (unpaired) electrons. The number of carbonyl (C=O) groups is 2. The van der Waals surface area contributed by atoms with Crippen LogP contribution in [0.3, 0.4) is 0 Å². The van der Waals surface area contributed by atoms with Crippen LogP contribution in [0.25, 0.3) is 0 Å². The van der Waals surface area contributed by atoms with Gasteiger partial charge in [-0.05, 0) is 55.3 Å². The molecule has 2 N–H and O–H groups in total. The van der Waals surface area contributed by atoms with Crippen molar-refractivity contribution < 1.29 is 14.3 Å². The second-order valence-electron chi connectivity index (χ2n) is 7.60. The van der Waals surface area contributed by atoms with Gasteiger partial charge in [0.05, 0.1) is 12.3 Å². The van der Waals surface area contributed by atoms with Crippen LogP contribution in [0.2, 0.25) is 0 Å². The van der Waals surface area contributed by atoms with Gasteiger partial charge in [-0.15, -0.1) is 0 Å². The first-order chi connectivity index (χ1) is 15.7. The molecule has 3 aromatic carbocycles. The average Bonchev–Trinajstić information content (AvgIpc) is 3.25. The summed E-state index contributed by atoms with van der Waals surface area (Å²) in [6, 6.07) is 24.0. The van der Waals surface area contributed by atoms with Gasteiger partial charge >= 0.3 is 0 Å². The van der Waals surface area contributed by atoms with Crippen LogP contribution in [0, 0.1) is 0 Å². The molecule has 4 rings (SSSR count). The zero-order chi connectivity index (χ0) is 22.3. The fourth-order valence-electron chi connectivity index (χ4n) is 3.83. The molecule has 6 heteroatoms. The molecule has 1 aliphatic heterocycles.